The number of aliphatic hydroxyl groups excluding tert-OH is 2. The molecule has 0 aliphatic carbocycles. The van der Waals surface area contributed by atoms with Crippen LogP contribution >= 0.6 is 11.6 Å². The molecule has 0 saturated carbocycles. The summed E-state index contributed by atoms with van der Waals surface area (Å²) in [5.41, 5.74) is 1.05. The maximum absolute atomic E-state index is 10.3. The lowest BCUT2D eigenvalue weighted by atomic mass is 9.99. The third-order valence-electron chi connectivity index (χ3n) is 4.53. The van der Waals surface area contributed by atoms with E-state index < -0.39 is 6.10 Å². The van der Waals surface area contributed by atoms with Crippen molar-refractivity contribution < 1.29 is 14.9 Å². The van der Waals surface area contributed by atoms with Crippen molar-refractivity contribution in [2.24, 2.45) is 0 Å². The highest BCUT2D eigenvalue weighted by Crippen LogP contribution is 2.21. The van der Waals surface area contributed by atoms with E-state index in [1.54, 1.807) is 0 Å². The van der Waals surface area contributed by atoms with Crippen molar-refractivity contribution in [2.45, 2.75) is 50.9 Å². The van der Waals surface area contributed by atoms with Gasteiger partial charge in [-0.3, -0.25) is 4.90 Å². The van der Waals surface area contributed by atoms with E-state index in [9.17, 15) is 5.11 Å². The third kappa shape index (κ3) is 6.05. The highest BCUT2D eigenvalue weighted by molar-refractivity contribution is 6.30. The van der Waals surface area contributed by atoms with Crippen molar-refractivity contribution >= 4 is 11.6 Å². The normalized spacial score (nSPS) is 22.0. The minimum absolute atomic E-state index is 0.0727. The quantitative estimate of drug-likeness (QED) is 0.763. The van der Waals surface area contributed by atoms with E-state index in [1.807, 2.05) is 31.2 Å². The Morgan fingerprint density at radius 3 is 2.74 bits per heavy atom. The van der Waals surface area contributed by atoms with E-state index in [0.717, 1.165) is 31.4 Å². The molecule has 1 aliphatic heterocycles. The lowest BCUT2D eigenvalue weighted by molar-refractivity contribution is -0.0263. The van der Waals surface area contributed by atoms with Crippen LogP contribution in [-0.4, -0.2) is 53.6 Å². The predicted octanol–water partition coefficient (Wildman–Crippen LogP) is 3.02. The highest BCUT2D eigenvalue weighted by Gasteiger charge is 2.24. The number of hydrogen-bond acceptors (Lipinski definition) is 4. The summed E-state index contributed by atoms with van der Waals surface area (Å²) < 4.78 is 5.80. The molecule has 1 aliphatic rings. The molecule has 2 rings (SSSR count). The van der Waals surface area contributed by atoms with Gasteiger partial charge in [0.1, 0.15) is 0 Å². The molecule has 0 amide bonds. The fourth-order valence-corrected chi connectivity index (χ4v) is 3.31. The summed E-state index contributed by atoms with van der Waals surface area (Å²) in [4.78, 5) is 2.29. The van der Waals surface area contributed by atoms with Crippen LogP contribution in [0.5, 0.6) is 0 Å². The van der Waals surface area contributed by atoms with Crippen LogP contribution < -0.4 is 0 Å². The molecule has 2 N–H and O–H groups in total. The highest BCUT2D eigenvalue weighted by atomic mass is 35.5. The summed E-state index contributed by atoms with van der Waals surface area (Å²) in [5.74, 6) is 0. The van der Waals surface area contributed by atoms with Crippen LogP contribution in [0.25, 0.3) is 0 Å². The smallest absolute Gasteiger partial charge is 0.0900 e. The lowest BCUT2D eigenvalue weighted by Gasteiger charge is -2.36. The molecule has 0 radical (unpaired) electrons. The van der Waals surface area contributed by atoms with Gasteiger partial charge in [-0.15, -0.1) is 0 Å². The standard InChI is InChI=1S/C18H28ClNO3/c1-14(15-5-7-16(19)8-6-15)23-13-18(22)12-20-10-3-2-4-17(20)9-11-21/h5-8,14,17-18,21-22H,2-4,9-13H2,1H3/t14-,17+,18+/m0/s1. The van der Waals surface area contributed by atoms with Gasteiger partial charge >= 0.3 is 0 Å². The number of piperidine rings is 1. The maximum atomic E-state index is 10.3. The minimum atomic E-state index is -0.510. The van der Waals surface area contributed by atoms with E-state index in [0.29, 0.717) is 24.2 Å². The van der Waals surface area contributed by atoms with Crippen LogP contribution in [0.1, 0.15) is 44.3 Å². The number of benzene rings is 1. The molecule has 4 nitrogen and oxygen atoms in total. The molecule has 1 saturated heterocycles. The second kappa shape index (κ2) is 9.60. The maximum Gasteiger partial charge on any atom is 0.0900 e. The number of β-amino-alcohol motifs (C(OH)–C–C–N with tert-alkyl or cyclic N) is 1. The SMILES string of the molecule is C[C@H](OC[C@H](O)CN1CCCC[C@@H]1CCO)c1ccc(Cl)cc1. The Labute approximate surface area is 144 Å². The summed E-state index contributed by atoms with van der Waals surface area (Å²) in [5, 5.41) is 20.2. The molecule has 1 aromatic carbocycles. The zero-order valence-corrected chi connectivity index (χ0v) is 14.6. The molecule has 0 unspecified atom stereocenters. The van der Waals surface area contributed by atoms with Crippen LogP contribution in [0.2, 0.25) is 5.02 Å². The Balaban J connectivity index is 1.77. The molecule has 23 heavy (non-hydrogen) atoms. The molecule has 1 fully saturated rings. The molecule has 130 valence electrons. The van der Waals surface area contributed by atoms with E-state index in [4.69, 9.17) is 21.4 Å². The second-order valence-corrected chi connectivity index (χ2v) is 6.77. The Kier molecular flexibility index (Phi) is 7.80. The van der Waals surface area contributed by atoms with Gasteiger partial charge in [0.15, 0.2) is 0 Å². The number of rotatable bonds is 8. The summed E-state index contributed by atoms with van der Waals surface area (Å²) in [6.45, 7) is 4.10. The van der Waals surface area contributed by atoms with Gasteiger partial charge in [-0.1, -0.05) is 30.2 Å². The van der Waals surface area contributed by atoms with E-state index in [-0.39, 0.29) is 12.7 Å². The minimum Gasteiger partial charge on any atom is -0.396 e. The van der Waals surface area contributed by atoms with Crippen LogP contribution in [-0.2, 0) is 4.74 Å². The first kappa shape index (κ1) is 18.7. The number of likely N-dealkylation sites (tertiary alicyclic amines) is 1. The Morgan fingerprint density at radius 2 is 2.04 bits per heavy atom. The van der Waals surface area contributed by atoms with Crippen LogP contribution in [0.4, 0.5) is 0 Å². The number of aliphatic hydroxyl groups is 2. The van der Waals surface area contributed by atoms with Gasteiger partial charge in [0.2, 0.25) is 0 Å². The van der Waals surface area contributed by atoms with Gasteiger partial charge in [0, 0.05) is 24.2 Å². The van der Waals surface area contributed by atoms with Gasteiger partial charge in [-0.2, -0.15) is 0 Å². The van der Waals surface area contributed by atoms with Crippen LogP contribution in [0, 0.1) is 0 Å². The first-order chi connectivity index (χ1) is 11.1. The van der Waals surface area contributed by atoms with Crippen molar-refractivity contribution in [2.75, 3.05) is 26.3 Å². The van der Waals surface area contributed by atoms with Crippen molar-refractivity contribution in [3.05, 3.63) is 34.9 Å². The van der Waals surface area contributed by atoms with Gasteiger partial charge in [0.25, 0.3) is 0 Å². The lowest BCUT2D eigenvalue weighted by Crippen LogP contribution is -2.45. The largest absolute Gasteiger partial charge is 0.396 e. The number of nitrogens with zero attached hydrogens (tertiary/aromatic N) is 1. The predicted molar refractivity (Wildman–Crippen MR) is 92.7 cm³/mol. The fraction of sp³-hybridized carbons (Fsp3) is 0.667. The summed E-state index contributed by atoms with van der Waals surface area (Å²) in [7, 11) is 0. The second-order valence-electron chi connectivity index (χ2n) is 6.34. The van der Waals surface area contributed by atoms with Gasteiger partial charge in [0.05, 0.1) is 18.8 Å². The van der Waals surface area contributed by atoms with Crippen LogP contribution in [0.3, 0.4) is 0 Å². The molecule has 3 atom stereocenters. The first-order valence-electron chi connectivity index (χ1n) is 8.50. The Bertz CT molecular complexity index is 452. The average molecular weight is 342 g/mol. The molecule has 1 heterocycles. The Morgan fingerprint density at radius 1 is 1.30 bits per heavy atom. The van der Waals surface area contributed by atoms with Gasteiger partial charge in [-0.05, 0) is 50.4 Å². The molecule has 0 aromatic heterocycles. The summed E-state index contributed by atoms with van der Waals surface area (Å²) in [6, 6.07) is 7.97. The molecule has 0 bridgehead atoms. The number of hydrogen-bond donors (Lipinski definition) is 2. The van der Waals surface area contributed by atoms with Gasteiger partial charge in [-0.25, -0.2) is 0 Å². The average Bonchev–Trinajstić information content (AvgIpc) is 2.55. The molecule has 1 aromatic rings. The molecule has 5 heteroatoms. The Hall–Kier alpha value is -0.650. The number of ether oxygens (including phenoxy) is 1. The van der Waals surface area contributed by atoms with Crippen LogP contribution in [0.15, 0.2) is 24.3 Å². The fourth-order valence-electron chi connectivity index (χ4n) is 3.19. The molecular weight excluding hydrogens is 314 g/mol. The zero-order valence-electron chi connectivity index (χ0n) is 13.8. The summed E-state index contributed by atoms with van der Waals surface area (Å²) in [6.07, 6.45) is 3.68. The summed E-state index contributed by atoms with van der Waals surface area (Å²) >= 11 is 5.89. The zero-order chi connectivity index (χ0) is 16.7. The first-order valence-corrected chi connectivity index (χ1v) is 8.88. The van der Waals surface area contributed by atoms with Crippen molar-refractivity contribution in [3.63, 3.8) is 0 Å². The third-order valence-corrected chi connectivity index (χ3v) is 4.79. The van der Waals surface area contributed by atoms with E-state index >= 15 is 0 Å². The van der Waals surface area contributed by atoms with E-state index in [2.05, 4.69) is 4.90 Å². The van der Waals surface area contributed by atoms with Crippen molar-refractivity contribution in [1.29, 1.82) is 0 Å². The topological polar surface area (TPSA) is 52.9 Å². The molecule has 0 spiro atoms. The molecular formula is C18H28ClNO3. The number of halogens is 1. The van der Waals surface area contributed by atoms with Crippen molar-refractivity contribution in [3.8, 4) is 0 Å². The monoisotopic (exact) mass is 341 g/mol. The van der Waals surface area contributed by atoms with E-state index in [1.165, 1.54) is 6.42 Å². The van der Waals surface area contributed by atoms with Crippen molar-refractivity contribution in [1.82, 2.24) is 4.90 Å². The van der Waals surface area contributed by atoms with Gasteiger partial charge < -0.3 is 14.9 Å².